The first-order valence-corrected chi connectivity index (χ1v) is 11.3. The largest absolute Gasteiger partial charge is 0.357 e. The van der Waals surface area contributed by atoms with Gasteiger partial charge in [0.1, 0.15) is 0 Å². The number of likely N-dealkylation sites (N-methyl/N-ethyl adjacent to an activating group) is 1. The van der Waals surface area contributed by atoms with Gasteiger partial charge in [0.15, 0.2) is 5.96 Å². The van der Waals surface area contributed by atoms with Gasteiger partial charge in [-0.3, -0.25) is 9.79 Å². The summed E-state index contributed by atoms with van der Waals surface area (Å²) in [5.41, 5.74) is 0. The molecule has 2 N–H and O–H groups in total. The molecule has 0 radical (unpaired) electrons. The van der Waals surface area contributed by atoms with Crippen molar-refractivity contribution in [2.24, 2.45) is 10.9 Å². The number of hydrogen-bond donors (Lipinski definition) is 2. The van der Waals surface area contributed by atoms with Crippen LogP contribution in [-0.4, -0.2) is 98.1 Å². The summed E-state index contributed by atoms with van der Waals surface area (Å²) in [7, 11) is 0. The fourth-order valence-electron chi connectivity index (χ4n) is 3.92. The van der Waals surface area contributed by atoms with Crippen molar-refractivity contribution >= 4 is 11.9 Å². The van der Waals surface area contributed by atoms with E-state index in [-0.39, 0.29) is 11.8 Å². The molecule has 2 heterocycles. The molecule has 0 spiro atoms. The molecule has 28 heavy (non-hydrogen) atoms. The third kappa shape index (κ3) is 7.59. The molecule has 2 saturated heterocycles. The van der Waals surface area contributed by atoms with Gasteiger partial charge < -0.3 is 25.3 Å². The lowest BCUT2D eigenvalue weighted by molar-refractivity contribution is -0.133. The Labute approximate surface area is 171 Å². The molecule has 0 aromatic heterocycles. The average Bonchev–Trinajstić information content (AvgIpc) is 3.16. The van der Waals surface area contributed by atoms with Crippen LogP contribution in [0.25, 0.3) is 0 Å². The van der Waals surface area contributed by atoms with Crippen LogP contribution in [0.5, 0.6) is 0 Å². The molecule has 2 fully saturated rings. The number of rotatable bonds is 9. The summed E-state index contributed by atoms with van der Waals surface area (Å²) in [5.74, 6) is 1.22. The zero-order valence-electron chi connectivity index (χ0n) is 18.5. The predicted molar refractivity (Wildman–Crippen MR) is 117 cm³/mol. The van der Waals surface area contributed by atoms with Gasteiger partial charge in [-0.2, -0.15) is 0 Å². The summed E-state index contributed by atoms with van der Waals surface area (Å²) in [6.07, 6.45) is 3.31. The standard InChI is InChI=1S/C21H42N6O/c1-5-22-21(24-19-9-12-27(17-19)20(28)18(3)4)23-10-7-8-11-26-15-13-25(6-2)14-16-26/h18-19H,5-17H2,1-4H3,(H2,22,23,24). The summed E-state index contributed by atoms with van der Waals surface area (Å²) in [6.45, 7) is 18.8. The quantitative estimate of drug-likeness (QED) is 0.350. The van der Waals surface area contributed by atoms with Crippen LogP contribution in [-0.2, 0) is 4.79 Å². The number of nitrogens with zero attached hydrogens (tertiary/aromatic N) is 4. The Kier molecular flexibility index (Phi) is 10.1. The maximum absolute atomic E-state index is 12.2. The number of carbonyl (C=O) groups is 1. The number of nitrogens with one attached hydrogen (secondary N) is 2. The van der Waals surface area contributed by atoms with Crippen molar-refractivity contribution in [1.29, 1.82) is 0 Å². The van der Waals surface area contributed by atoms with Crippen molar-refractivity contribution in [3.05, 3.63) is 0 Å². The fraction of sp³-hybridized carbons (Fsp3) is 0.905. The molecule has 0 aliphatic carbocycles. The molecular formula is C21H42N6O. The molecule has 0 aromatic rings. The van der Waals surface area contributed by atoms with Crippen LogP contribution in [0.15, 0.2) is 4.99 Å². The van der Waals surface area contributed by atoms with E-state index in [4.69, 9.17) is 4.99 Å². The van der Waals surface area contributed by atoms with Crippen LogP contribution in [0.1, 0.15) is 47.0 Å². The Morgan fingerprint density at radius 3 is 2.43 bits per heavy atom. The second-order valence-corrected chi connectivity index (χ2v) is 8.31. The van der Waals surface area contributed by atoms with Crippen LogP contribution >= 0.6 is 0 Å². The van der Waals surface area contributed by atoms with Crippen molar-refractivity contribution in [3.8, 4) is 0 Å². The summed E-state index contributed by atoms with van der Waals surface area (Å²) < 4.78 is 0. The van der Waals surface area contributed by atoms with Gasteiger partial charge in [0, 0.05) is 64.3 Å². The lowest BCUT2D eigenvalue weighted by atomic mass is 10.2. The normalized spacial score (nSPS) is 22.1. The molecule has 7 nitrogen and oxygen atoms in total. The average molecular weight is 395 g/mol. The van der Waals surface area contributed by atoms with Gasteiger partial charge in [0.2, 0.25) is 5.91 Å². The number of unbranched alkanes of at least 4 members (excludes halogenated alkanes) is 1. The van der Waals surface area contributed by atoms with E-state index in [9.17, 15) is 4.79 Å². The Hall–Kier alpha value is -1.34. The molecular weight excluding hydrogens is 352 g/mol. The van der Waals surface area contributed by atoms with E-state index < -0.39 is 0 Å². The minimum atomic E-state index is 0.0746. The number of guanidine groups is 1. The van der Waals surface area contributed by atoms with Crippen molar-refractivity contribution in [3.63, 3.8) is 0 Å². The zero-order chi connectivity index (χ0) is 20.4. The van der Waals surface area contributed by atoms with Gasteiger partial charge in [0.25, 0.3) is 0 Å². The van der Waals surface area contributed by atoms with E-state index in [1.54, 1.807) is 0 Å². The Balaban J connectivity index is 1.66. The maximum Gasteiger partial charge on any atom is 0.225 e. The highest BCUT2D eigenvalue weighted by atomic mass is 16.2. The van der Waals surface area contributed by atoms with Crippen molar-refractivity contribution in [2.75, 3.05) is 65.4 Å². The van der Waals surface area contributed by atoms with E-state index in [0.29, 0.717) is 6.04 Å². The SMILES string of the molecule is CCNC(=NCCCCN1CCN(CC)CC1)NC1CCN(C(=O)C(C)C)C1. The first-order valence-electron chi connectivity index (χ1n) is 11.3. The van der Waals surface area contributed by atoms with E-state index in [2.05, 4.69) is 34.3 Å². The highest BCUT2D eigenvalue weighted by molar-refractivity contribution is 5.81. The van der Waals surface area contributed by atoms with Crippen LogP contribution in [0.3, 0.4) is 0 Å². The molecule has 0 saturated carbocycles. The minimum absolute atomic E-state index is 0.0746. The smallest absolute Gasteiger partial charge is 0.225 e. The van der Waals surface area contributed by atoms with Gasteiger partial charge in [-0.25, -0.2) is 0 Å². The number of amides is 1. The molecule has 0 bridgehead atoms. The summed E-state index contributed by atoms with van der Waals surface area (Å²) in [4.78, 5) is 24.0. The third-order valence-corrected chi connectivity index (χ3v) is 5.74. The number of piperazine rings is 1. The first-order chi connectivity index (χ1) is 13.5. The first kappa shape index (κ1) is 22.9. The minimum Gasteiger partial charge on any atom is -0.357 e. The lowest BCUT2D eigenvalue weighted by Crippen LogP contribution is -2.46. The van der Waals surface area contributed by atoms with Crippen LogP contribution in [0, 0.1) is 5.92 Å². The third-order valence-electron chi connectivity index (χ3n) is 5.74. The molecule has 0 aromatic carbocycles. The molecule has 162 valence electrons. The van der Waals surface area contributed by atoms with Crippen molar-refractivity contribution in [1.82, 2.24) is 25.3 Å². The number of likely N-dealkylation sites (tertiary alicyclic amines) is 1. The van der Waals surface area contributed by atoms with Gasteiger partial charge >= 0.3 is 0 Å². The van der Waals surface area contributed by atoms with Gasteiger partial charge in [-0.15, -0.1) is 0 Å². The Morgan fingerprint density at radius 1 is 1.07 bits per heavy atom. The molecule has 2 aliphatic rings. The Bertz CT molecular complexity index is 487. The zero-order valence-corrected chi connectivity index (χ0v) is 18.5. The Morgan fingerprint density at radius 2 is 1.79 bits per heavy atom. The summed E-state index contributed by atoms with van der Waals surface area (Å²) in [6, 6.07) is 0.301. The molecule has 2 aliphatic heterocycles. The highest BCUT2D eigenvalue weighted by Gasteiger charge is 2.27. The predicted octanol–water partition coefficient (Wildman–Crippen LogP) is 1.22. The molecule has 1 atom stereocenters. The highest BCUT2D eigenvalue weighted by Crippen LogP contribution is 2.12. The molecule has 2 rings (SSSR count). The van der Waals surface area contributed by atoms with Gasteiger partial charge in [-0.05, 0) is 39.3 Å². The van der Waals surface area contributed by atoms with Crippen LogP contribution < -0.4 is 10.6 Å². The summed E-state index contributed by atoms with van der Waals surface area (Å²) >= 11 is 0. The molecule has 1 unspecified atom stereocenters. The molecule has 1 amide bonds. The topological polar surface area (TPSA) is 63.2 Å². The van der Waals surface area contributed by atoms with E-state index in [1.165, 1.54) is 45.7 Å². The number of hydrogen-bond acceptors (Lipinski definition) is 4. The van der Waals surface area contributed by atoms with Gasteiger partial charge in [-0.1, -0.05) is 20.8 Å². The van der Waals surface area contributed by atoms with Crippen molar-refractivity contribution < 1.29 is 4.79 Å². The van der Waals surface area contributed by atoms with E-state index in [1.807, 2.05) is 18.7 Å². The lowest BCUT2D eigenvalue weighted by Gasteiger charge is -2.33. The van der Waals surface area contributed by atoms with E-state index in [0.717, 1.165) is 45.0 Å². The second-order valence-electron chi connectivity index (χ2n) is 8.31. The molecule has 7 heteroatoms. The van der Waals surface area contributed by atoms with Crippen molar-refractivity contribution in [2.45, 2.75) is 53.0 Å². The van der Waals surface area contributed by atoms with Gasteiger partial charge in [0.05, 0.1) is 0 Å². The maximum atomic E-state index is 12.2. The fourth-order valence-corrected chi connectivity index (χ4v) is 3.92. The van der Waals surface area contributed by atoms with Crippen LogP contribution in [0.2, 0.25) is 0 Å². The summed E-state index contributed by atoms with van der Waals surface area (Å²) in [5, 5.41) is 6.87. The number of carbonyl (C=O) groups excluding carboxylic acids is 1. The van der Waals surface area contributed by atoms with E-state index >= 15 is 0 Å². The monoisotopic (exact) mass is 394 g/mol. The second kappa shape index (κ2) is 12.3. The van der Waals surface area contributed by atoms with Crippen LogP contribution in [0.4, 0.5) is 0 Å². The number of aliphatic imine (C=N–C) groups is 1.